The van der Waals surface area contributed by atoms with Crippen molar-refractivity contribution in [1.82, 2.24) is 0 Å². The molecule has 0 atom stereocenters. The van der Waals surface area contributed by atoms with Crippen LogP contribution in [0.2, 0.25) is 0 Å². The molecule has 0 unspecified atom stereocenters. The smallest absolute Gasteiger partial charge is 0.207 e. The van der Waals surface area contributed by atoms with Gasteiger partial charge in [-0.25, -0.2) is 87.8 Å². The highest BCUT2D eigenvalue weighted by Gasteiger charge is 2.52. The predicted molar refractivity (Wildman–Crippen MR) is 217 cm³/mol. The van der Waals surface area contributed by atoms with Crippen LogP contribution >= 0.6 is 0 Å². The van der Waals surface area contributed by atoms with Gasteiger partial charge in [-0.05, 0) is 29.3 Å². The lowest BCUT2D eigenvalue weighted by Gasteiger charge is -2.44. The Bertz CT molecular complexity index is 3170. The number of halogens is 20. The molecule has 0 amide bonds. The van der Waals surface area contributed by atoms with Crippen molar-refractivity contribution in [1.29, 1.82) is 0 Å². The summed E-state index contributed by atoms with van der Waals surface area (Å²) in [4.78, 5) is 2.89. The zero-order valence-corrected chi connectivity index (χ0v) is 35.0. The minimum absolute atomic E-state index is 0.644. The highest BCUT2D eigenvalue weighted by molar-refractivity contribution is 7.20. The van der Waals surface area contributed by atoms with E-state index in [2.05, 4.69) is 81.3 Å². The molecule has 25 heteroatoms. The Morgan fingerprint density at radius 3 is 1.11 bits per heavy atom. The van der Waals surface area contributed by atoms with Gasteiger partial charge in [0, 0.05) is 33.7 Å². The summed E-state index contributed by atoms with van der Waals surface area (Å²) in [5, 5.41) is 4.95. The Morgan fingerprint density at radius 2 is 0.722 bits per heavy atom. The van der Waals surface area contributed by atoms with Gasteiger partial charge in [-0.15, -0.1) is 21.9 Å². The molecule has 0 aliphatic rings. The van der Waals surface area contributed by atoms with Gasteiger partial charge in [-0.1, -0.05) is 65.8 Å². The van der Waals surface area contributed by atoms with Crippen molar-refractivity contribution in [3.05, 3.63) is 235 Å². The molecule has 8 aromatic rings. The van der Waals surface area contributed by atoms with Crippen LogP contribution in [-0.2, 0) is 13.0 Å². The molecule has 8 rings (SSSR count). The Balaban J connectivity index is 0.000000238. The van der Waals surface area contributed by atoms with Crippen LogP contribution < -0.4 is 26.4 Å². The number of fused-ring (bicyclic) bond motifs is 1. The first-order valence-electron chi connectivity index (χ1n) is 19.9. The van der Waals surface area contributed by atoms with Gasteiger partial charge in [-0.2, -0.15) is 4.57 Å². The normalized spacial score (nSPS) is 11.4. The Hall–Kier alpha value is -8.08. The summed E-state index contributed by atoms with van der Waals surface area (Å²) in [6.07, 6.45) is -6.45. The summed E-state index contributed by atoms with van der Waals surface area (Å²) < 4.78 is 296. The number of nitrogens with zero attached hydrogens (tertiary/aromatic N) is 4. The highest BCUT2D eigenvalue weighted by Crippen LogP contribution is 2.31. The zero-order valence-electron chi connectivity index (χ0n) is 35.0. The third-order valence-electron chi connectivity index (χ3n) is 11.4. The number of para-hydroxylation sites is 1. The standard InChI is InChI=1S/C24BF20.C23H19N4/c26-5-1(6(27)14(35)21(42)13(5)34)25(2-7(28)15(36)22(43)16(37)8(2)29,3-9(30)17(38)23(44)18(39)10(3)31)4-11(32)19(40)24(45)20(41)12(4)33;24-26-25-21-11-6-9-19(15-21)16-22-14-13-20-10-4-5-12-23(20)27(22)17-18-7-2-1-3-8-18/h;1-15H,16-17H2/q-1;+1. The van der Waals surface area contributed by atoms with Crippen molar-refractivity contribution >= 4 is 44.6 Å². The first-order chi connectivity index (χ1) is 34.0. The van der Waals surface area contributed by atoms with E-state index in [0.717, 1.165) is 18.5 Å². The van der Waals surface area contributed by atoms with Gasteiger partial charge in [-0.3, -0.25) is 0 Å². The number of rotatable bonds is 9. The summed E-state index contributed by atoms with van der Waals surface area (Å²) in [7, 11) is 0. The van der Waals surface area contributed by atoms with Crippen LogP contribution in [0, 0.1) is 116 Å². The summed E-state index contributed by atoms with van der Waals surface area (Å²) in [6, 6.07) is 31.1. The molecule has 1 aromatic heterocycles. The van der Waals surface area contributed by atoms with Crippen LogP contribution in [-0.4, -0.2) is 6.15 Å². The molecule has 0 saturated heterocycles. The average molecular weight is 1030 g/mol. The first-order valence-corrected chi connectivity index (χ1v) is 19.9. The quantitative estimate of drug-likeness (QED) is 0.0202. The molecule has 0 radical (unpaired) electrons. The lowest BCUT2D eigenvalue weighted by Crippen LogP contribution is -2.81. The SMILES string of the molecule is Fc1c(F)c(F)c([B-](c2c(F)c(F)c(F)c(F)c2F)(c2c(F)c(F)c(F)c(F)c2F)c2c(F)c(F)c(F)c(F)c2F)c(F)c1F.[N-]=[N+]=Nc1cccc(Cc2ccc3ccccc3[n+]2Cc2ccccc2)c1. The van der Waals surface area contributed by atoms with Crippen molar-refractivity contribution in [2.45, 2.75) is 13.0 Å². The van der Waals surface area contributed by atoms with Gasteiger partial charge in [0.25, 0.3) is 0 Å². The van der Waals surface area contributed by atoms with Crippen molar-refractivity contribution in [2.75, 3.05) is 0 Å². The molecule has 0 aliphatic heterocycles. The van der Waals surface area contributed by atoms with Gasteiger partial charge >= 0.3 is 0 Å². The monoisotopic (exact) mass is 1030 g/mol. The minimum atomic E-state index is -7.22. The van der Waals surface area contributed by atoms with E-state index in [-0.39, 0.29) is 0 Å². The van der Waals surface area contributed by atoms with Gasteiger partial charge in [0.1, 0.15) is 52.7 Å². The van der Waals surface area contributed by atoms with Crippen molar-refractivity contribution in [3.8, 4) is 0 Å². The number of azide groups is 1. The van der Waals surface area contributed by atoms with Crippen molar-refractivity contribution in [3.63, 3.8) is 0 Å². The molecule has 4 nitrogen and oxygen atoms in total. The summed E-state index contributed by atoms with van der Waals surface area (Å²) in [5.41, 5.74) is -0.184. The van der Waals surface area contributed by atoms with E-state index in [1.54, 1.807) is 0 Å². The second kappa shape index (κ2) is 20.0. The van der Waals surface area contributed by atoms with Crippen LogP contribution in [0.4, 0.5) is 93.5 Å². The molecule has 0 fully saturated rings. The van der Waals surface area contributed by atoms with E-state index in [4.69, 9.17) is 5.53 Å². The molecule has 0 bridgehead atoms. The zero-order chi connectivity index (χ0) is 52.8. The van der Waals surface area contributed by atoms with Crippen LogP contribution in [0.5, 0.6) is 0 Å². The topological polar surface area (TPSA) is 52.6 Å². The van der Waals surface area contributed by atoms with Gasteiger partial charge in [0.2, 0.25) is 5.52 Å². The van der Waals surface area contributed by atoms with Crippen molar-refractivity contribution in [2.24, 2.45) is 5.11 Å². The fraction of sp³-hybridized carbons (Fsp3) is 0.0426. The van der Waals surface area contributed by atoms with E-state index >= 15 is 35.1 Å². The molecule has 0 saturated carbocycles. The second-order valence-corrected chi connectivity index (χ2v) is 15.3. The van der Waals surface area contributed by atoms with E-state index in [1.807, 2.05) is 24.3 Å². The fourth-order valence-corrected chi connectivity index (χ4v) is 8.28. The number of hydrogen-bond acceptors (Lipinski definition) is 1. The lowest BCUT2D eigenvalue weighted by atomic mass is 9.12. The van der Waals surface area contributed by atoms with Gasteiger partial charge < -0.3 is 0 Å². The summed E-state index contributed by atoms with van der Waals surface area (Å²) in [5.74, 6) is -71.4. The molecule has 370 valence electrons. The number of aromatic nitrogens is 1. The van der Waals surface area contributed by atoms with E-state index in [0.29, 0.717) is 5.69 Å². The number of benzene rings is 7. The van der Waals surface area contributed by atoms with E-state index in [1.165, 1.54) is 22.2 Å². The summed E-state index contributed by atoms with van der Waals surface area (Å²) in [6.45, 7) is 0.813. The van der Waals surface area contributed by atoms with E-state index in [9.17, 15) is 52.7 Å². The molecule has 0 spiro atoms. The minimum Gasteiger partial charge on any atom is -0.207 e. The highest BCUT2D eigenvalue weighted by atomic mass is 19.2. The molecule has 1 heterocycles. The summed E-state index contributed by atoms with van der Waals surface area (Å²) >= 11 is 0. The number of hydrogen-bond donors (Lipinski definition) is 0. The molecular formula is C47H19BF20N4. The Kier molecular flexibility index (Phi) is 14.4. The first kappa shape index (κ1) is 51.8. The molecular weight excluding hydrogens is 1010 g/mol. The fourth-order valence-electron chi connectivity index (χ4n) is 8.28. The maximum absolute atomic E-state index is 15.4. The van der Waals surface area contributed by atoms with Gasteiger partial charge in [0.05, 0.1) is 6.42 Å². The van der Waals surface area contributed by atoms with Crippen molar-refractivity contribution < 1.29 is 92.4 Å². The third-order valence-corrected chi connectivity index (χ3v) is 11.4. The van der Waals surface area contributed by atoms with Gasteiger partial charge in [0.15, 0.2) is 82.0 Å². The lowest BCUT2D eigenvalue weighted by molar-refractivity contribution is -0.669. The molecule has 72 heavy (non-hydrogen) atoms. The van der Waals surface area contributed by atoms with Crippen LogP contribution in [0.15, 0.2) is 96.1 Å². The Morgan fingerprint density at radius 1 is 0.375 bits per heavy atom. The third kappa shape index (κ3) is 8.45. The second-order valence-electron chi connectivity index (χ2n) is 15.3. The predicted octanol–water partition coefficient (Wildman–Crippen LogP) is 11.6. The maximum atomic E-state index is 15.4. The molecule has 0 N–H and O–H groups in total. The largest absolute Gasteiger partial charge is 0.212 e. The molecule has 0 aliphatic carbocycles. The van der Waals surface area contributed by atoms with Crippen LogP contribution in [0.3, 0.4) is 0 Å². The Labute approximate surface area is 389 Å². The maximum Gasteiger partial charge on any atom is 0.212 e. The van der Waals surface area contributed by atoms with Crippen LogP contribution in [0.1, 0.15) is 16.8 Å². The van der Waals surface area contributed by atoms with E-state index < -0.39 is 144 Å². The number of pyridine rings is 1. The van der Waals surface area contributed by atoms with Crippen LogP contribution in [0.25, 0.3) is 21.3 Å². The molecule has 7 aromatic carbocycles. The average Bonchev–Trinajstić information content (AvgIpc) is 3.37.